The SMILES string of the molecule is CNc1nc2c(N)ncnc2n1[C@@H]1O[C@H](CN(C)CCCCON)[C@@H](O)[C@H]1O. The fourth-order valence-electron chi connectivity index (χ4n) is 3.40. The number of ether oxygens (including phenoxy) is 1. The van der Waals surface area contributed by atoms with Gasteiger partial charge >= 0.3 is 0 Å². The van der Waals surface area contributed by atoms with Crippen LogP contribution < -0.4 is 16.9 Å². The Kier molecular flexibility index (Phi) is 6.59. The highest BCUT2D eigenvalue weighted by Crippen LogP contribution is 2.35. The minimum absolute atomic E-state index is 0.228. The van der Waals surface area contributed by atoms with Gasteiger partial charge in [0, 0.05) is 13.6 Å². The van der Waals surface area contributed by atoms with E-state index in [0.29, 0.717) is 30.3 Å². The highest BCUT2D eigenvalue weighted by Gasteiger charge is 2.45. The Morgan fingerprint density at radius 3 is 2.82 bits per heavy atom. The zero-order valence-corrected chi connectivity index (χ0v) is 16.0. The van der Waals surface area contributed by atoms with Crippen LogP contribution in [0.2, 0.25) is 0 Å². The molecule has 1 aliphatic heterocycles. The van der Waals surface area contributed by atoms with Gasteiger partial charge in [-0.05, 0) is 26.4 Å². The first-order valence-electron chi connectivity index (χ1n) is 9.16. The lowest BCUT2D eigenvalue weighted by Crippen LogP contribution is -2.38. The summed E-state index contributed by atoms with van der Waals surface area (Å²) in [6.07, 6.45) is -0.574. The number of rotatable bonds is 9. The molecule has 7 N–H and O–H groups in total. The first kappa shape index (κ1) is 20.6. The molecule has 0 radical (unpaired) electrons. The van der Waals surface area contributed by atoms with E-state index in [1.54, 1.807) is 11.6 Å². The average molecular weight is 396 g/mol. The molecule has 0 aromatic carbocycles. The fraction of sp³-hybridized carbons (Fsp3) is 0.688. The summed E-state index contributed by atoms with van der Waals surface area (Å²) < 4.78 is 7.61. The normalized spacial score (nSPS) is 25.1. The second-order valence-electron chi connectivity index (χ2n) is 6.87. The molecule has 12 nitrogen and oxygen atoms in total. The number of nitrogens with two attached hydrogens (primary N) is 2. The molecule has 1 fully saturated rings. The van der Waals surface area contributed by atoms with Crippen LogP contribution in [0.3, 0.4) is 0 Å². The van der Waals surface area contributed by atoms with Crippen molar-refractivity contribution in [2.75, 3.05) is 44.8 Å². The van der Waals surface area contributed by atoms with Crippen molar-refractivity contribution >= 4 is 22.9 Å². The molecular formula is C16H28N8O4. The van der Waals surface area contributed by atoms with Crippen molar-refractivity contribution in [2.45, 2.75) is 37.4 Å². The van der Waals surface area contributed by atoms with E-state index in [0.717, 1.165) is 19.4 Å². The molecule has 0 bridgehead atoms. The number of nitrogens with one attached hydrogen (secondary N) is 1. The molecule has 4 atom stereocenters. The number of aromatic nitrogens is 4. The van der Waals surface area contributed by atoms with Gasteiger partial charge in [-0.2, -0.15) is 0 Å². The Bertz CT molecular complexity index is 787. The minimum Gasteiger partial charge on any atom is -0.387 e. The highest BCUT2D eigenvalue weighted by atomic mass is 16.6. The number of nitrogen functional groups attached to an aromatic ring is 1. The summed E-state index contributed by atoms with van der Waals surface area (Å²) in [6.45, 7) is 1.75. The number of aliphatic hydroxyl groups is 2. The lowest BCUT2D eigenvalue weighted by Gasteiger charge is -2.22. The Morgan fingerprint density at radius 1 is 1.32 bits per heavy atom. The summed E-state index contributed by atoms with van der Waals surface area (Å²) in [7, 11) is 3.62. The first-order chi connectivity index (χ1) is 13.5. The van der Waals surface area contributed by atoms with E-state index in [1.165, 1.54) is 6.33 Å². The van der Waals surface area contributed by atoms with Crippen molar-refractivity contribution in [3.8, 4) is 0 Å². The van der Waals surface area contributed by atoms with Gasteiger partial charge in [-0.15, -0.1) is 0 Å². The summed E-state index contributed by atoms with van der Waals surface area (Å²) >= 11 is 0. The van der Waals surface area contributed by atoms with Crippen molar-refractivity contribution < 1.29 is 19.8 Å². The average Bonchev–Trinajstić information content (AvgIpc) is 3.18. The molecule has 0 unspecified atom stereocenters. The second-order valence-corrected chi connectivity index (χ2v) is 6.87. The number of nitrogens with zero attached hydrogens (tertiary/aromatic N) is 5. The Labute approximate surface area is 162 Å². The number of hydrogen-bond acceptors (Lipinski definition) is 11. The van der Waals surface area contributed by atoms with Crippen LogP contribution in [0.4, 0.5) is 11.8 Å². The molecule has 1 saturated heterocycles. The smallest absolute Gasteiger partial charge is 0.207 e. The zero-order valence-electron chi connectivity index (χ0n) is 16.0. The Morgan fingerprint density at radius 2 is 2.11 bits per heavy atom. The van der Waals surface area contributed by atoms with E-state index in [9.17, 15) is 10.2 Å². The molecule has 0 saturated carbocycles. The van der Waals surface area contributed by atoms with Gasteiger partial charge in [0.1, 0.15) is 24.6 Å². The molecule has 12 heteroatoms. The number of aliphatic hydroxyl groups excluding tert-OH is 2. The van der Waals surface area contributed by atoms with Crippen LogP contribution in [0.1, 0.15) is 19.1 Å². The van der Waals surface area contributed by atoms with Crippen molar-refractivity contribution in [1.82, 2.24) is 24.4 Å². The molecule has 2 aromatic heterocycles. The lowest BCUT2D eigenvalue weighted by molar-refractivity contribution is -0.0412. The summed E-state index contributed by atoms with van der Waals surface area (Å²) in [5.74, 6) is 5.66. The van der Waals surface area contributed by atoms with E-state index >= 15 is 0 Å². The van der Waals surface area contributed by atoms with Crippen molar-refractivity contribution in [3.63, 3.8) is 0 Å². The fourth-order valence-corrected chi connectivity index (χ4v) is 3.40. The third-order valence-electron chi connectivity index (χ3n) is 4.86. The molecule has 0 amide bonds. The van der Waals surface area contributed by atoms with E-state index in [1.807, 2.05) is 11.9 Å². The third-order valence-corrected chi connectivity index (χ3v) is 4.86. The predicted molar refractivity (Wildman–Crippen MR) is 102 cm³/mol. The molecule has 0 aliphatic carbocycles. The van der Waals surface area contributed by atoms with Crippen LogP contribution in [0.25, 0.3) is 11.2 Å². The monoisotopic (exact) mass is 396 g/mol. The highest BCUT2D eigenvalue weighted by molar-refractivity contribution is 5.84. The maximum absolute atomic E-state index is 10.6. The number of unbranched alkanes of at least 4 members (excludes halogenated alkanes) is 1. The van der Waals surface area contributed by atoms with Crippen molar-refractivity contribution in [1.29, 1.82) is 0 Å². The van der Waals surface area contributed by atoms with Gasteiger partial charge in [0.25, 0.3) is 0 Å². The van der Waals surface area contributed by atoms with Gasteiger partial charge in [0.15, 0.2) is 23.2 Å². The minimum atomic E-state index is -1.15. The maximum atomic E-state index is 10.6. The van der Waals surface area contributed by atoms with E-state index in [2.05, 4.69) is 25.1 Å². The van der Waals surface area contributed by atoms with Crippen LogP contribution in [-0.2, 0) is 9.57 Å². The summed E-state index contributed by atoms with van der Waals surface area (Å²) in [5.41, 5.74) is 6.71. The molecule has 1 aliphatic rings. The van der Waals surface area contributed by atoms with Crippen LogP contribution >= 0.6 is 0 Å². The Hall–Kier alpha value is -2.09. The maximum Gasteiger partial charge on any atom is 0.207 e. The quantitative estimate of drug-likeness (QED) is 0.251. The topological polar surface area (TPSA) is 170 Å². The largest absolute Gasteiger partial charge is 0.387 e. The molecule has 0 spiro atoms. The number of fused-ring (bicyclic) bond motifs is 1. The van der Waals surface area contributed by atoms with Crippen LogP contribution in [0, 0.1) is 0 Å². The van der Waals surface area contributed by atoms with Crippen LogP contribution in [0.5, 0.6) is 0 Å². The zero-order chi connectivity index (χ0) is 20.3. The lowest BCUT2D eigenvalue weighted by atomic mass is 10.1. The molecule has 3 rings (SSSR count). The molecule has 28 heavy (non-hydrogen) atoms. The van der Waals surface area contributed by atoms with Gasteiger partial charge in [0.2, 0.25) is 5.95 Å². The second kappa shape index (κ2) is 8.94. The molecular weight excluding hydrogens is 368 g/mol. The number of anilines is 2. The van der Waals surface area contributed by atoms with Crippen LogP contribution in [0.15, 0.2) is 6.33 Å². The summed E-state index contributed by atoms with van der Waals surface area (Å²) in [5, 5.41) is 24.1. The van der Waals surface area contributed by atoms with Gasteiger partial charge in [-0.25, -0.2) is 20.8 Å². The van der Waals surface area contributed by atoms with E-state index < -0.39 is 24.5 Å². The summed E-state index contributed by atoms with van der Waals surface area (Å²) in [4.78, 5) is 19.1. The van der Waals surface area contributed by atoms with Gasteiger partial charge in [-0.1, -0.05) is 0 Å². The first-order valence-corrected chi connectivity index (χ1v) is 9.16. The van der Waals surface area contributed by atoms with Crippen molar-refractivity contribution in [2.24, 2.45) is 5.90 Å². The number of hydrogen-bond donors (Lipinski definition) is 5. The summed E-state index contributed by atoms with van der Waals surface area (Å²) in [6, 6.07) is 0. The standard InChI is InChI=1S/C16H28N8O4/c1-19-16-22-10-13(17)20-8-21-14(10)24(16)15-12(26)11(25)9(28-15)7-23(2)5-3-4-6-27-18/h8-9,11-12,15,25-26H,3-7,18H2,1-2H3,(H,19,22)(H2,17,20,21)/t9-,11-,12-,15-/m1/s1. The molecule has 2 aromatic rings. The van der Waals surface area contributed by atoms with Gasteiger partial charge in [0.05, 0.1) is 6.61 Å². The van der Waals surface area contributed by atoms with Gasteiger partial charge in [-0.3, -0.25) is 4.57 Å². The van der Waals surface area contributed by atoms with Crippen molar-refractivity contribution in [3.05, 3.63) is 6.33 Å². The molecule has 156 valence electrons. The third kappa shape index (κ3) is 4.01. The molecule has 3 heterocycles. The van der Waals surface area contributed by atoms with E-state index in [-0.39, 0.29) is 5.82 Å². The van der Waals surface area contributed by atoms with E-state index in [4.69, 9.17) is 16.4 Å². The number of imidazole rings is 1. The van der Waals surface area contributed by atoms with Gasteiger partial charge < -0.3 is 35.7 Å². The number of likely N-dealkylation sites (N-methyl/N-ethyl adjacent to an activating group) is 1. The predicted octanol–water partition coefficient (Wildman–Crippen LogP) is -1.33. The Balaban J connectivity index is 1.76. The van der Waals surface area contributed by atoms with Crippen LogP contribution in [-0.4, -0.2) is 86.7 Å².